The summed E-state index contributed by atoms with van der Waals surface area (Å²) in [5, 5.41) is 12.2. The highest BCUT2D eigenvalue weighted by molar-refractivity contribution is 7.15. The molecule has 2 atom stereocenters. The standard InChI is InChI=1S/2C26H20F2N8O2S.2CH4/c2*1-13(36-25-21(24(29)31-12-32-25)23(34-36)17-9-30-19(39-17)11-38-2)22-20(14-4-3-5-15(27)8-14)26(37)35-10-16(28)6-7-18(35)33-22;;/h2*3-10,12-13H,11H2,1-2H3,(H2,29,31,32);2*1H4/t2*13-;;/m10../s1. The number of hydrogen-bond donors (Lipinski definition) is 2. The molecular weight excluding hydrogens is 1080 g/mol. The molecule has 0 radical (unpaired) electrons. The number of ether oxygens (including phenoxy) is 2. The number of halogens is 4. The second-order valence-corrected chi connectivity index (χ2v) is 19.7. The van der Waals surface area contributed by atoms with E-state index >= 15 is 0 Å². The van der Waals surface area contributed by atoms with Crippen LogP contribution in [0.15, 0.2) is 120 Å². The number of nitrogens with zero attached hydrogens (tertiary/aromatic N) is 14. The highest BCUT2D eigenvalue weighted by Gasteiger charge is 2.29. The number of anilines is 2. The van der Waals surface area contributed by atoms with E-state index in [9.17, 15) is 27.2 Å². The van der Waals surface area contributed by atoms with Crippen molar-refractivity contribution in [3.63, 3.8) is 0 Å². The van der Waals surface area contributed by atoms with Gasteiger partial charge in [0.15, 0.2) is 11.3 Å². The van der Waals surface area contributed by atoms with E-state index in [1.165, 1.54) is 96.0 Å². The van der Waals surface area contributed by atoms with Gasteiger partial charge in [-0.15, -0.1) is 22.7 Å². The zero-order valence-electron chi connectivity index (χ0n) is 41.3. The molecule has 408 valence electrons. The molecule has 0 saturated heterocycles. The van der Waals surface area contributed by atoms with Crippen LogP contribution in [-0.2, 0) is 22.7 Å². The van der Waals surface area contributed by atoms with Gasteiger partial charge in [0.2, 0.25) is 0 Å². The van der Waals surface area contributed by atoms with Gasteiger partial charge in [0.25, 0.3) is 11.1 Å². The molecule has 10 heterocycles. The monoisotopic (exact) mass is 1120 g/mol. The van der Waals surface area contributed by atoms with E-state index in [1.807, 2.05) is 0 Å². The first kappa shape index (κ1) is 55.5. The molecule has 26 heteroatoms. The molecule has 4 N–H and O–H groups in total. The summed E-state index contributed by atoms with van der Waals surface area (Å²) in [6, 6.07) is 15.1. The maximum atomic E-state index is 14.3. The molecule has 0 bridgehead atoms. The third kappa shape index (κ3) is 10.1. The lowest BCUT2D eigenvalue weighted by Gasteiger charge is -2.18. The Labute approximate surface area is 459 Å². The Balaban J connectivity index is 0.000000189. The topological polar surface area (TPSA) is 252 Å². The van der Waals surface area contributed by atoms with Crippen molar-refractivity contribution >= 4 is 67.7 Å². The van der Waals surface area contributed by atoms with Crippen molar-refractivity contribution in [2.75, 3.05) is 25.7 Å². The zero-order valence-corrected chi connectivity index (χ0v) is 43.0. The number of pyridine rings is 2. The molecule has 0 unspecified atom stereocenters. The Kier molecular flexibility index (Phi) is 15.7. The molecule has 80 heavy (non-hydrogen) atoms. The normalized spacial score (nSPS) is 12.1. The van der Waals surface area contributed by atoms with Gasteiger partial charge in [-0.2, -0.15) is 10.2 Å². The van der Waals surface area contributed by atoms with E-state index in [0.717, 1.165) is 41.0 Å². The Morgan fingerprint density at radius 3 is 1.36 bits per heavy atom. The van der Waals surface area contributed by atoms with Gasteiger partial charge in [-0.25, -0.2) is 66.8 Å². The third-order valence-electron chi connectivity index (χ3n) is 12.5. The summed E-state index contributed by atoms with van der Waals surface area (Å²) in [7, 11) is 3.17. The number of nitrogen functional groups attached to an aromatic ring is 2. The van der Waals surface area contributed by atoms with Crippen LogP contribution >= 0.6 is 22.7 Å². The SMILES string of the molecule is C.C.COCc1ncc(-c2nn([C@@H](C)c3nc4ccc(F)cn4c(=O)c3-c3cccc(F)c3)c3ncnc(N)c23)s1.COCc1ncc(-c2nn([C@H](C)c3nc4ccc(F)cn4c(=O)c3-c3cccc(F)c3)c3ncnc(N)c23)s1. The van der Waals surface area contributed by atoms with E-state index < -0.39 is 46.5 Å². The smallest absolute Gasteiger partial charge is 0.266 e. The summed E-state index contributed by atoms with van der Waals surface area (Å²) < 4.78 is 72.5. The summed E-state index contributed by atoms with van der Waals surface area (Å²) in [4.78, 5) is 64.2. The van der Waals surface area contributed by atoms with Crippen LogP contribution in [0.2, 0.25) is 0 Å². The van der Waals surface area contributed by atoms with Crippen LogP contribution in [0, 0.1) is 23.3 Å². The van der Waals surface area contributed by atoms with E-state index in [1.54, 1.807) is 62.0 Å². The van der Waals surface area contributed by atoms with Crippen LogP contribution in [-0.4, -0.2) is 82.5 Å². The maximum absolute atomic E-state index is 14.3. The van der Waals surface area contributed by atoms with E-state index in [2.05, 4.69) is 29.9 Å². The van der Waals surface area contributed by atoms with E-state index in [4.69, 9.17) is 41.1 Å². The average molecular weight is 1130 g/mol. The number of hydrogen-bond acceptors (Lipinski definition) is 18. The highest BCUT2D eigenvalue weighted by atomic mass is 32.1. The fourth-order valence-corrected chi connectivity index (χ4v) is 10.8. The number of nitrogens with two attached hydrogens (primary N) is 2. The lowest BCUT2D eigenvalue weighted by atomic mass is 10.0. The molecule has 12 rings (SSSR count). The molecule has 0 amide bonds. The van der Waals surface area contributed by atoms with Crippen LogP contribution in [0.5, 0.6) is 0 Å². The number of rotatable bonds is 12. The molecule has 0 spiro atoms. The first-order chi connectivity index (χ1) is 37.7. The van der Waals surface area contributed by atoms with Gasteiger partial charge in [0.1, 0.15) is 80.3 Å². The first-order valence-electron chi connectivity index (χ1n) is 23.5. The highest BCUT2D eigenvalue weighted by Crippen LogP contribution is 2.39. The van der Waals surface area contributed by atoms with Gasteiger partial charge < -0.3 is 20.9 Å². The van der Waals surface area contributed by atoms with Crippen LogP contribution in [0.1, 0.15) is 62.2 Å². The molecule has 20 nitrogen and oxygen atoms in total. The summed E-state index contributed by atoms with van der Waals surface area (Å²) in [6.07, 6.45) is 8.12. The van der Waals surface area contributed by atoms with Gasteiger partial charge >= 0.3 is 0 Å². The van der Waals surface area contributed by atoms with Crippen LogP contribution < -0.4 is 22.6 Å². The van der Waals surface area contributed by atoms with Crippen molar-refractivity contribution < 1.29 is 27.0 Å². The molecule has 12 aromatic rings. The van der Waals surface area contributed by atoms with Gasteiger partial charge in [-0.3, -0.25) is 18.4 Å². The molecule has 0 aliphatic rings. The zero-order chi connectivity index (χ0) is 54.5. The summed E-state index contributed by atoms with van der Waals surface area (Å²) in [6.45, 7) is 4.27. The maximum Gasteiger partial charge on any atom is 0.266 e. The summed E-state index contributed by atoms with van der Waals surface area (Å²) in [5.74, 6) is -1.82. The minimum Gasteiger partial charge on any atom is -0.383 e. The second kappa shape index (κ2) is 22.6. The van der Waals surface area contributed by atoms with Crippen molar-refractivity contribution in [3.05, 3.63) is 176 Å². The lowest BCUT2D eigenvalue weighted by molar-refractivity contribution is 0.184. The van der Waals surface area contributed by atoms with E-state index in [0.29, 0.717) is 69.2 Å². The Hall–Kier alpha value is -9.24. The van der Waals surface area contributed by atoms with E-state index in [-0.39, 0.29) is 48.9 Å². The predicted molar refractivity (Wildman–Crippen MR) is 298 cm³/mol. The van der Waals surface area contributed by atoms with Crippen LogP contribution in [0.25, 0.3) is 76.8 Å². The largest absolute Gasteiger partial charge is 0.383 e. The Bertz CT molecular complexity index is 4150. The minimum atomic E-state index is -0.678. The van der Waals surface area contributed by atoms with Gasteiger partial charge in [-0.1, -0.05) is 39.1 Å². The fraction of sp³-hybridized carbons (Fsp3) is 0.185. The number of fused-ring (bicyclic) bond motifs is 4. The summed E-state index contributed by atoms with van der Waals surface area (Å²) >= 11 is 2.79. The van der Waals surface area contributed by atoms with Crippen molar-refractivity contribution in [1.29, 1.82) is 0 Å². The van der Waals surface area contributed by atoms with Crippen molar-refractivity contribution in [3.8, 4) is 43.4 Å². The Morgan fingerprint density at radius 2 is 0.975 bits per heavy atom. The molecular formula is C54H48F4N16O4S2. The number of aromatic nitrogens is 14. The minimum absolute atomic E-state index is 0. The van der Waals surface area contributed by atoms with Crippen molar-refractivity contribution in [2.45, 2.75) is 54.0 Å². The molecule has 2 aromatic carbocycles. The number of methoxy groups -OCH3 is 2. The first-order valence-corrected chi connectivity index (χ1v) is 25.1. The molecule has 0 aliphatic heterocycles. The van der Waals surface area contributed by atoms with Gasteiger partial charge in [-0.05, 0) is 73.5 Å². The average Bonchev–Trinajstić information content (AvgIpc) is 4.40. The van der Waals surface area contributed by atoms with Gasteiger partial charge in [0.05, 0.1) is 68.3 Å². The molecule has 0 aliphatic carbocycles. The lowest BCUT2D eigenvalue weighted by Crippen LogP contribution is -2.23. The quantitative estimate of drug-likeness (QED) is 0.108. The Morgan fingerprint density at radius 1 is 0.562 bits per heavy atom. The number of benzene rings is 2. The number of thiazole rings is 2. The van der Waals surface area contributed by atoms with Gasteiger partial charge in [0, 0.05) is 39.0 Å². The van der Waals surface area contributed by atoms with Crippen molar-refractivity contribution in [1.82, 2.24) is 68.2 Å². The third-order valence-corrected chi connectivity index (χ3v) is 14.5. The van der Waals surface area contributed by atoms with Crippen molar-refractivity contribution in [2.24, 2.45) is 0 Å². The fourth-order valence-electron chi connectivity index (χ4n) is 9.02. The molecule has 0 saturated carbocycles. The van der Waals surface area contributed by atoms with Crippen LogP contribution in [0.4, 0.5) is 29.2 Å². The molecule has 10 aromatic heterocycles. The molecule has 0 fully saturated rings. The second-order valence-electron chi connectivity index (χ2n) is 17.5. The predicted octanol–water partition coefficient (Wildman–Crippen LogP) is 9.75. The van der Waals surface area contributed by atoms with Crippen LogP contribution in [0.3, 0.4) is 0 Å². The summed E-state index contributed by atoms with van der Waals surface area (Å²) in [5.41, 5.74) is 15.2.